The first kappa shape index (κ1) is 11.7. The second kappa shape index (κ2) is 5.49. The van der Waals surface area contributed by atoms with E-state index in [9.17, 15) is 5.21 Å². The van der Waals surface area contributed by atoms with Gasteiger partial charge >= 0.3 is 0 Å². The van der Waals surface area contributed by atoms with E-state index in [0.29, 0.717) is 13.1 Å². The molecule has 0 spiro atoms. The van der Waals surface area contributed by atoms with Gasteiger partial charge in [-0.15, -0.1) is 0 Å². The van der Waals surface area contributed by atoms with Crippen LogP contribution in [0, 0.1) is 5.21 Å². The molecule has 3 nitrogen and oxygen atoms in total. The van der Waals surface area contributed by atoms with E-state index < -0.39 is 0 Å². The highest BCUT2D eigenvalue weighted by atomic mass is 16.6. The molecule has 1 rings (SSSR count). The topological polar surface area (TPSA) is 43.3 Å². The third-order valence-corrected chi connectivity index (χ3v) is 2.99. The first-order valence-corrected chi connectivity index (χ1v) is 5.56. The Morgan fingerprint density at radius 3 is 2.93 bits per heavy atom. The molecule has 0 aromatic rings. The van der Waals surface area contributed by atoms with Crippen LogP contribution in [0.15, 0.2) is 12.2 Å². The fourth-order valence-electron chi connectivity index (χ4n) is 2.03. The predicted octanol–water partition coefficient (Wildman–Crippen LogP) is 1.81. The van der Waals surface area contributed by atoms with Crippen LogP contribution in [0.1, 0.15) is 32.6 Å². The summed E-state index contributed by atoms with van der Waals surface area (Å²) in [4.78, 5) is 0. The predicted molar refractivity (Wildman–Crippen MR) is 57.5 cm³/mol. The van der Waals surface area contributed by atoms with Crippen LogP contribution in [0.4, 0.5) is 0 Å². The van der Waals surface area contributed by atoms with Crippen molar-refractivity contribution in [2.45, 2.75) is 38.6 Å². The molecule has 1 aliphatic rings. The SMILES string of the molecule is CCC/C=C/C[N+]1([O-])CCC[C@H]1CO. The summed E-state index contributed by atoms with van der Waals surface area (Å²) in [6, 6.07) is -0.0822. The monoisotopic (exact) mass is 199 g/mol. The molecule has 3 heteroatoms. The molecular formula is C11H21NO2. The number of hydrogen-bond donors (Lipinski definition) is 1. The van der Waals surface area contributed by atoms with E-state index in [2.05, 4.69) is 13.0 Å². The molecule has 14 heavy (non-hydrogen) atoms. The molecule has 0 radical (unpaired) electrons. The quantitative estimate of drug-likeness (QED) is 0.417. The van der Waals surface area contributed by atoms with Gasteiger partial charge in [-0.05, 0) is 12.5 Å². The van der Waals surface area contributed by atoms with Crippen molar-refractivity contribution in [2.24, 2.45) is 0 Å². The number of likely N-dealkylation sites (tertiary alicyclic amines) is 1. The van der Waals surface area contributed by atoms with E-state index in [1.807, 2.05) is 6.08 Å². The lowest BCUT2D eigenvalue weighted by Gasteiger charge is -2.42. The molecule has 1 heterocycles. The molecule has 1 aliphatic heterocycles. The van der Waals surface area contributed by atoms with Gasteiger partial charge in [-0.25, -0.2) is 0 Å². The molecule has 1 unspecified atom stereocenters. The summed E-state index contributed by atoms with van der Waals surface area (Å²) in [5.74, 6) is 0. The van der Waals surface area contributed by atoms with Crippen LogP contribution >= 0.6 is 0 Å². The van der Waals surface area contributed by atoms with Gasteiger partial charge in [0, 0.05) is 12.8 Å². The smallest absolute Gasteiger partial charge is 0.113 e. The highest BCUT2D eigenvalue weighted by Gasteiger charge is 2.32. The van der Waals surface area contributed by atoms with E-state index in [1.54, 1.807) is 0 Å². The molecule has 1 N–H and O–H groups in total. The first-order chi connectivity index (χ1) is 6.73. The number of unbranched alkanes of at least 4 members (excludes halogenated alkanes) is 1. The van der Waals surface area contributed by atoms with Crippen molar-refractivity contribution < 1.29 is 9.75 Å². The second-order valence-electron chi connectivity index (χ2n) is 4.10. The van der Waals surface area contributed by atoms with Gasteiger partial charge in [-0.3, -0.25) is 0 Å². The van der Waals surface area contributed by atoms with E-state index in [1.165, 1.54) is 0 Å². The van der Waals surface area contributed by atoms with Crippen LogP contribution in [-0.2, 0) is 0 Å². The van der Waals surface area contributed by atoms with Gasteiger partial charge in [-0.2, -0.15) is 0 Å². The highest BCUT2D eigenvalue weighted by molar-refractivity contribution is 4.83. The number of aliphatic hydroxyl groups excluding tert-OH is 1. The maximum Gasteiger partial charge on any atom is 0.113 e. The molecule has 0 aromatic heterocycles. The van der Waals surface area contributed by atoms with E-state index in [0.717, 1.165) is 25.7 Å². The van der Waals surface area contributed by atoms with Crippen molar-refractivity contribution in [2.75, 3.05) is 19.7 Å². The zero-order valence-corrected chi connectivity index (χ0v) is 8.98. The van der Waals surface area contributed by atoms with Crippen molar-refractivity contribution >= 4 is 0 Å². The van der Waals surface area contributed by atoms with Gasteiger partial charge in [-0.1, -0.05) is 19.4 Å². The summed E-state index contributed by atoms with van der Waals surface area (Å²) >= 11 is 0. The maximum absolute atomic E-state index is 12.2. The molecule has 1 saturated heterocycles. The summed E-state index contributed by atoms with van der Waals surface area (Å²) in [6.07, 6.45) is 8.05. The average Bonchev–Trinajstić information content (AvgIpc) is 2.55. The Morgan fingerprint density at radius 1 is 1.50 bits per heavy atom. The molecule has 0 amide bonds. The number of nitrogens with zero attached hydrogens (tertiary/aromatic N) is 1. The lowest BCUT2D eigenvalue weighted by atomic mass is 10.2. The van der Waals surface area contributed by atoms with Gasteiger partial charge in [0.25, 0.3) is 0 Å². The largest absolute Gasteiger partial charge is 0.632 e. The number of hydrogen-bond acceptors (Lipinski definition) is 2. The number of hydroxylamine groups is 3. The van der Waals surface area contributed by atoms with E-state index in [-0.39, 0.29) is 17.3 Å². The van der Waals surface area contributed by atoms with Crippen LogP contribution < -0.4 is 0 Å². The average molecular weight is 199 g/mol. The Hall–Kier alpha value is -0.380. The third kappa shape index (κ3) is 2.80. The van der Waals surface area contributed by atoms with Crippen LogP contribution in [0.3, 0.4) is 0 Å². The molecular weight excluding hydrogens is 178 g/mol. The second-order valence-corrected chi connectivity index (χ2v) is 4.10. The van der Waals surface area contributed by atoms with Crippen LogP contribution in [-0.4, -0.2) is 35.5 Å². The summed E-state index contributed by atoms with van der Waals surface area (Å²) < 4.78 is -0.212. The summed E-state index contributed by atoms with van der Waals surface area (Å²) in [7, 11) is 0. The maximum atomic E-state index is 12.2. The zero-order chi connectivity index (χ0) is 10.4. The number of allylic oxidation sites excluding steroid dienone is 1. The lowest BCUT2D eigenvalue weighted by Crippen LogP contribution is -2.48. The molecule has 0 saturated carbocycles. The number of quaternary nitrogens is 1. The normalized spacial score (nSPS) is 32.9. The minimum atomic E-state index is -0.212. The van der Waals surface area contributed by atoms with Gasteiger partial charge < -0.3 is 15.0 Å². The standard InChI is InChI=1S/C11H21NO2/c1-2-3-4-5-8-12(14)9-6-7-11(12)10-13/h4-5,11,13H,2-3,6-10H2,1H3/b5-4+/t11-,12?/m0/s1. The third-order valence-electron chi connectivity index (χ3n) is 2.99. The lowest BCUT2D eigenvalue weighted by molar-refractivity contribution is -0.887. The fraction of sp³-hybridized carbons (Fsp3) is 0.818. The van der Waals surface area contributed by atoms with Gasteiger partial charge in [0.15, 0.2) is 0 Å². The summed E-state index contributed by atoms with van der Waals surface area (Å²) in [5, 5.41) is 21.2. The van der Waals surface area contributed by atoms with Gasteiger partial charge in [0.05, 0.1) is 19.7 Å². The summed E-state index contributed by atoms with van der Waals surface area (Å²) in [6.45, 7) is 3.36. The summed E-state index contributed by atoms with van der Waals surface area (Å²) in [5.41, 5.74) is 0. The zero-order valence-electron chi connectivity index (χ0n) is 8.98. The minimum absolute atomic E-state index is 0.0329. The van der Waals surface area contributed by atoms with Crippen molar-refractivity contribution in [1.82, 2.24) is 0 Å². The fourth-order valence-corrected chi connectivity index (χ4v) is 2.03. The Kier molecular flexibility index (Phi) is 4.58. The Labute approximate surface area is 86.2 Å². The molecule has 2 atom stereocenters. The van der Waals surface area contributed by atoms with Gasteiger partial charge in [0.2, 0.25) is 0 Å². The highest BCUT2D eigenvalue weighted by Crippen LogP contribution is 2.25. The Morgan fingerprint density at radius 2 is 2.29 bits per heavy atom. The molecule has 0 aliphatic carbocycles. The minimum Gasteiger partial charge on any atom is -0.632 e. The van der Waals surface area contributed by atoms with Crippen LogP contribution in [0.5, 0.6) is 0 Å². The molecule has 0 bridgehead atoms. The van der Waals surface area contributed by atoms with E-state index >= 15 is 0 Å². The van der Waals surface area contributed by atoms with Crippen molar-refractivity contribution in [3.63, 3.8) is 0 Å². The Balaban J connectivity index is 2.40. The van der Waals surface area contributed by atoms with Crippen molar-refractivity contribution in [1.29, 1.82) is 0 Å². The molecule has 82 valence electrons. The van der Waals surface area contributed by atoms with Gasteiger partial charge in [0.1, 0.15) is 6.04 Å². The molecule has 0 aromatic carbocycles. The van der Waals surface area contributed by atoms with Crippen molar-refractivity contribution in [3.8, 4) is 0 Å². The Bertz CT molecular complexity index is 194. The van der Waals surface area contributed by atoms with Crippen molar-refractivity contribution in [3.05, 3.63) is 17.4 Å². The first-order valence-electron chi connectivity index (χ1n) is 5.56. The van der Waals surface area contributed by atoms with Crippen LogP contribution in [0.25, 0.3) is 0 Å². The van der Waals surface area contributed by atoms with Crippen LogP contribution in [0.2, 0.25) is 0 Å². The molecule has 1 fully saturated rings. The number of rotatable bonds is 5. The van der Waals surface area contributed by atoms with E-state index in [4.69, 9.17) is 5.11 Å². The number of aliphatic hydroxyl groups is 1.